The number of aromatic nitrogens is 3. The maximum atomic E-state index is 10.6. The standard InChI is InChI=1S/C6H6N6O2/c7-3-1-2-9-6-4(12(13)14)5(8)10-11(3)6/h1-2H,7H2,(H2,8,10). The van der Waals surface area contributed by atoms with Gasteiger partial charge in [-0.05, 0) is 6.07 Å². The Morgan fingerprint density at radius 2 is 2.21 bits per heavy atom. The number of fused-ring (bicyclic) bond motifs is 1. The van der Waals surface area contributed by atoms with Gasteiger partial charge >= 0.3 is 5.69 Å². The van der Waals surface area contributed by atoms with Gasteiger partial charge in [0.15, 0.2) is 0 Å². The molecule has 0 aromatic carbocycles. The fraction of sp³-hybridized carbons (Fsp3) is 0. The fourth-order valence-electron chi connectivity index (χ4n) is 1.14. The summed E-state index contributed by atoms with van der Waals surface area (Å²) in [5.41, 5.74) is 10.6. The van der Waals surface area contributed by atoms with E-state index in [9.17, 15) is 10.1 Å². The summed E-state index contributed by atoms with van der Waals surface area (Å²) in [6.45, 7) is 0. The van der Waals surface area contributed by atoms with Gasteiger partial charge in [-0.1, -0.05) is 0 Å². The minimum atomic E-state index is -0.635. The lowest BCUT2D eigenvalue weighted by Crippen LogP contribution is -1.99. The number of hydrogen-bond donors (Lipinski definition) is 2. The van der Waals surface area contributed by atoms with Crippen molar-refractivity contribution in [1.29, 1.82) is 0 Å². The number of nitrogens with zero attached hydrogens (tertiary/aromatic N) is 4. The zero-order chi connectivity index (χ0) is 10.3. The molecule has 0 aliphatic heterocycles. The Kier molecular flexibility index (Phi) is 1.50. The Morgan fingerprint density at radius 1 is 1.50 bits per heavy atom. The molecule has 2 aromatic heterocycles. The maximum Gasteiger partial charge on any atom is 0.357 e. The maximum absolute atomic E-state index is 10.6. The average Bonchev–Trinajstić information content (AvgIpc) is 2.42. The molecule has 2 aromatic rings. The lowest BCUT2D eigenvalue weighted by atomic mass is 10.5. The van der Waals surface area contributed by atoms with Crippen LogP contribution in [0.3, 0.4) is 0 Å². The molecule has 8 heteroatoms. The molecule has 0 fully saturated rings. The van der Waals surface area contributed by atoms with Crippen molar-refractivity contribution in [2.24, 2.45) is 0 Å². The molecule has 4 N–H and O–H groups in total. The fourth-order valence-corrected chi connectivity index (χ4v) is 1.14. The van der Waals surface area contributed by atoms with Crippen molar-refractivity contribution in [2.45, 2.75) is 0 Å². The Hall–Kier alpha value is -2.38. The highest BCUT2D eigenvalue weighted by Gasteiger charge is 2.23. The second-order valence-electron chi connectivity index (χ2n) is 2.60. The van der Waals surface area contributed by atoms with Crippen LogP contribution < -0.4 is 11.5 Å². The van der Waals surface area contributed by atoms with E-state index >= 15 is 0 Å². The highest BCUT2D eigenvalue weighted by molar-refractivity contribution is 5.72. The van der Waals surface area contributed by atoms with Gasteiger partial charge in [-0.25, -0.2) is 4.98 Å². The molecule has 0 saturated heterocycles. The largest absolute Gasteiger partial charge is 0.384 e. The first-order valence-corrected chi connectivity index (χ1v) is 3.64. The van der Waals surface area contributed by atoms with Crippen LogP contribution in [0.4, 0.5) is 17.3 Å². The Morgan fingerprint density at radius 3 is 2.86 bits per heavy atom. The van der Waals surface area contributed by atoms with Crippen molar-refractivity contribution in [3.63, 3.8) is 0 Å². The first-order chi connectivity index (χ1) is 6.61. The number of nitrogens with two attached hydrogens (primary N) is 2. The SMILES string of the molecule is Nc1nn2c(N)ccnc2c1[N+](=O)[O-]. The molecular weight excluding hydrogens is 188 g/mol. The minimum absolute atomic E-state index is 0.0486. The lowest BCUT2D eigenvalue weighted by Gasteiger charge is -1.94. The Bertz CT molecular complexity index is 518. The number of hydrogen-bond acceptors (Lipinski definition) is 6. The van der Waals surface area contributed by atoms with Gasteiger partial charge in [0.1, 0.15) is 5.82 Å². The summed E-state index contributed by atoms with van der Waals surface area (Å²) in [6.07, 6.45) is 1.36. The third-order valence-electron chi connectivity index (χ3n) is 1.73. The topological polar surface area (TPSA) is 125 Å². The second-order valence-corrected chi connectivity index (χ2v) is 2.60. The molecule has 0 bridgehead atoms. The molecular formula is C6H6N6O2. The van der Waals surface area contributed by atoms with Crippen molar-refractivity contribution in [3.05, 3.63) is 22.4 Å². The van der Waals surface area contributed by atoms with Crippen LogP contribution >= 0.6 is 0 Å². The van der Waals surface area contributed by atoms with Crippen molar-refractivity contribution in [1.82, 2.24) is 14.6 Å². The van der Waals surface area contributed by atoms with Crippen molar-refractivity contribution in [2.75, 3.05) is 11.5 Å². The van der Waals surface area contributed by atoms with Gasteiger partial charge in [-0.15, -0.1) is 5.10 Å². The van der Waals surface area contributed by atoms with Crippen molar-refractivity contribution >= 4 is 23.0 Å². The predicted octanol–water partition coefficient (Wildman–Crippen LogP) is -0.198. The number of nitrogen functional groups attached to an aromatic ring is 2. The van der Waals surface area contributed by atoms with E-state index in [4.69, 9.17) is 11.5 Å². The molecule has 14 heavy (non-hydrogen) atoms. The summed E-state index contributed by atoms with van der Waals surface area (Å²) in [7, 11) is 0. The van der Waals surface area contributed by atoms with E-state index in [-0.39, 0.29) is 23.0 Å². The van der Waals surface area contributed by atoms with Gasteiger partial charge in [-0.2, -0.15) is 4.52 Å². The molecule has 2 heterocycles. The van der Waals surface area contributed by atoms with E-state index in [1.54, 1.807) is 0 Å². The zero-order valence-electron chi connectivity index (χ0n) is 6.91. The van der Waals surface area contributed by atoms with Crippen LogP contribution in [0.25, 0.3) is 5.65 Å². The number of rotatable bonds is 1. The summed E-state index contributed by atoms with van der Waals surface area (Å²) < 4.78 is 1.13. The van der Waals surface area contributed by atoms with Crippen LogP contribution in [0, 0.1) is 10.1 Å². The highest BCUT2D eigenvalue weighted by Crippen LogP contribution is 2.25. The molecule has 0 unspecified atom stereocenters. The predicted molar refractivity (Wildman–Crippen MR) is 48.5 cm³/mol. The van der Waals surface area contributed by atoms with Crippen LogP contribution in [0.1, 0.15) is 0 Å². The van der Waals surface area contributed by atoms with E-state index in [1.807, 2.05) is 0 Å². The van der Waals surface area contributed by atoms with Gasteiger partial charge in [0.05, 0.1) is 4.92 Å². The van der Waals surface area contributed by atoms with E-state index in [1.165, 1.54) is 12.3 Å². The van der Waals surface area contributed by atoms with Crippen LogP contribution in [0.5, 0.6) is 0 Å². The van der Waals surface area contributed by atoms with Crippen LogP contribution in [-0.4, -0.2) is 19.5 Å². The summed E-state index contributed by atoms with van der Waals surface area (Å²) in [5.74, 6) is 0.0511. The Balaban J connectivity index is 2.90. The minimum Gasteiger partial charge on any atom is -0.384 e. The third-order valence-corrected chi connectivity index (χ3v) is 1.73. The van der Waals surface area contributed by atoms with Gasteiger partial charge < -0.3 is 11.5 Å². The molecule has 0 aliphatic rings. The van der Waals surface area contributed by atoms with Crippen LogP contribution in [0.2, 0.25) is 0 Å². The molecule has 0 saturated carbocycles. The van der Waals surface area contributed by atoms with Gasteiger partial charge in [0, 0.05) is 6.20 Å². The van der Waals surface area contributed by atoms with Gasteiger partial charge in [0.2, 0.25) is 11.5 Å². The summed E-state index contributed by atoms with van der Waals surface area (Å²) in [5, 5.41) is 14.3. The van der Waals surface area contributed by atoms with E-state index in [2.05, 4.69) is 10.1 Å². The quantitative estimate of drug-likeness (QED) is 0.478. The van der Waals surface area contributed by atoms with E-state index < -0.39 is 4.92 Å². The molecule has 8 nitrogen and oxygen atoms in total. The molecule has 2 rings (SSSR count). The van der Waals surface area contributed by atoms with Gasteiger partial charge in [0.25, 0.3) is 0 Å². The summed E-state index contributed by atoms with van der Waals surface area (Å²) in [4.78, 5) is 13.7. The summed E-state index contributed by atoms with van der Waals surface area (Å²) in [6, 6.07) is 1.48. The molecule has 0 amide bonds. The van der Waals surface area contributed by atoms with Crippen molar-refractivity contribution in [3.8, 4) is 0 Å². The second kappa shape index (κ2) is 2.55. The summed E-state index contributed by atoms with van der Waals surface area (Å²) >= 11 is 0. The Labute approximate surface area is 77.3 Å². The highest BCUT2D eigenvalue weighted by atomic mass is 16.6. The monoisotopic (exact) mass is 194 g/mol. The molecule has 0 atom stereocenters. The number of anilines is 2. The van der Waals surface area contributed by atoms with Gasteiger partial charge in [-0.3, -0.25) is 10.1 Å². The molecule has 72 valence electrons. The first-order valence-electron chi connectivity index (χ1n) is 3.64. The van der Waals surface area contributed by atoms with Crippen LogP contribution in [0.15, 0.2) is 12.3 Å². The molecule has 0 aliphatic carbocycles. The molecule has 0 radical (unpaired) electrons. The third kappa shape index (κ3) is 0.937. The number of nitro groups is 1. The lowest BCUT2D eigenvalue weighted by molar-refractivity contribution is -0.382. The van der Waals surface area contributed by atoms with E-state index in [0.717, 1.165) is 4.52 Å². The zero-order valence-corrected chi connectivity index (χ0v) is 6.91. The first kappa shape index (κ1) is 8.23. The molecule has 0 spiro atoms. The van der Waals surface area contributed by atoms with Crippen LogP contribution in [-0.2, 0) is 0 Å². The van der Waals surface area contributed by atoms with E-state index in [0.29, 0.717) is 0 Å². The average molecular weight is 194 g/mol. The normalized spacial score (nSPS) is 10.6. The van der Waals surface area contributed by atoms with Crippen molar-refractivity contribution < 1.29 is 4.92 Å². The smallest absolute Gasteiger partial charge is 0.357 e.